The van der Waals surface area contributed by atoms with Gasteiger partial charge in [0.15, 0.2) is 0 Å². The minimum atomic E-state index is -0.925. The van der Waals surface area contributed by atoms with Crippen LogP contribution in [-0.4, -0.2) is 25.3 Å². The van der Waals surface area contributed by atoms with Gasteiger partial charge < -0.3 is 14.6 Å². The van der Waals surface area contributed by atoms with Crippen molar-refractivity contribution in [2.24, 2.45) is 0 Å². The van der Waals surface area contributed by atoms with Crippen molar-refractivity contribution in [3.63, 3.8) is 0 Å². The molecule has 24 heavy (non-hydrogen) atoms. The molecule has 5 heteroatoms. The lowest BCUT2D eigenvalue weighted by Crippen LogP contribution is -1.96. The largest absolute Gasteiger partial charge is 0.497 e. The fourth-order valence-corrected chi connectivity index (χ4v) is 3.48. The van der Waals surface area contributed by atoms with Gasteiger partial charge >= 0.3 is 5.97 Å². The third-order valence-electron chi connectivity index (χ3n) is 3.76. The first kappa shape index (κ1) is 16.1. The number of methoxy groups -OCH3 is 2. The molecule has 0 atom stereocenters. The van der Waals surface area contributed by atoms with Crippen LogP contribution in [0.3, 0.4) is 0 Å². The maximum Gasteiger partial charge on any atom is 0.346 e. The Morgan fingerprint density at radius 3 is 1.83 bits per heavy atom. The minimum Gasteiger partial charge on any atom is -0.497 e. The van der Waals surface area contributed by atoms with E-state index >= 15 is 0 Å². The lowest BCUT2D eigenvalue weighted by Gasteiger charge is -2.08. The first-order valence-electron chi connectivity index (χ1n) is 7.27. The molecule has 0 aliphatic heterocycles. The van der Waals surface area contributed by atoms with Crippen molar-refractivity contribution in [1.82, 2.24) is 0 Å². The van der Waals surface area contributed by atoms with Crippen molar-refractivity contribution >= 4 is 17.3 Å². The quantitative estimate of drug-likeness (QED) is 0.725. The fourth-order valence-electron chi connectivity index (χ4n) is 2.54. The maximum atomic E-state index is 11.6. The number of thiophene rings is 1. The molecule has 0 saturated heterocycles. The van der Waals surface area contributed by atoms with Gasteiger partial charge in [0.1, 0.15) is 16.4 Å². The van der Waals surface area contributed by atoms with Crippen LogP contribution in [0.2, 0.25) is 0 Å². The maximum absolute atomic E-state index is 11.6. The number of carboxylic acids is 1. The Morgan fingerprint density at radius 2 is 1.38 bits per heavy atom. The number of carbonyl (C=O) groups is 1. The molecule has 1 N–H and O–H groups in total. The summed E-state index contributed by atoms with van der Waals surface area (Å²) in [5, 5.41) is 11.4. The van der Waals surface area contributed by atoms with Gasteiger partial charge in [0.2, 0.25) is 0 Å². The summed E-state index contributed by atoms with van der Waals surface area (Å²) in [5.41, 5.74) is 3.41. The normalized spacial score (nSPS) is 10.4. The zero-order valence-electron chi connectivity index (χ0n) is 13.3. The molecule has 0 spiro atoms. The Morgan fingerprint density at radius 1 is 0.875 bits per heavy atom. The van der Waals surface area contributed by atoms with Crippen molar-refractivity contribution in [3.05, 3.63) is 58.8 Å². The summed E-state index contributed by atoms with van der Waals surface area (Å²) in [4.78, 5) is 12.0. The second kappa shape index (κ2) is 6.76. The summed E-state index contributed by atoms with van der Waals surface area (Å²) >= 11 is 1.23. The highest BCUT2D eigenvalue weighted by molar-refractivity contribution is 7.13. The molecule has 0 unspecified atom stereocenters. The molecule has 0 radical (unpaired) electrons. The predicted octanol–water partition coefficient (Wildman–Crippen LogP) is 4.80. The van der Waals surface area contributed by atoms with Gasteiger partial charge in [-0.05, 0) is 35.4 Å². The summed E-state index contributed by atoms with van der Waals surface area (Å²) in [6.45, 7) is 0. The van der Waals surface area contributed by atoms with Crippen molar-refractivity contribution in [3.8, 4) is 33.8 Å². The van der Waals surface area contributed by atoms with E-state index in [2.05, 4.69) is 0 Å². The van der Waals surface area contributed by atoms with Gasteiger partial charge in [-0.3, -0.25) is 0 Å². The van der Waals surface area contributed by atoms with Crippen LogP contribution in [0.15, 0.2) is 53.9 Å². The van der Waals surface area contributed by atoms with E-state index in [0.29, 0.717) is 4.88 Å². The monoisotopic (exact) mass is 340 g/mol. The third kappa shape index (κ3) is 2.98. The Balaban J connectivity index is 2.14. The van der Waals surface area contributed by atoms with E-state index in [0.717, 1.165) is 33.8 Å². The van der Waals surface area contributed by atoms with E-state index in [1.54, 1.807) is 14.2 Å². The van der Waals surface area contributed by atoms with E-state index in [1.807, 2.05) is 53.9 Å². The zero-order chi connectivity index (χ0) is 17.1. The van der Waals surface area contributed by atoms with Crippen LogP contribution in [0.25, 0.3) is 22.3 Å². The molecule has 1 aromatic heterocycles. The molecule has 0 bridgehead atoms. The van der Waals surface area contributed by atoms with Gasteiger partial charge in [0.25, 0.3) is 0 Å². The number of benzene rings is 2. The Bertz CT molecular complexity index is 848. The predicted molar refractivity (Wildman–Crippen MR) is 95.3 cm³/mol. The van der Waals surface area contributed by atoms with Crippen LogP contribution in [-0.2, 0) is 0 Å². The number of hydrogen-bond donors (Lipinski definition) is 1. The third-order valence-corrected chi connectivity index (χ3v) is 4.73. The number of carboxylic acid groups (broad SMARTS) is 1. The summed E-state index contributed by atoms with van der Waals surface area (Å²) in [6, 6.07) is 15.0. The van der Waals surface area contributed by atoms with Crippen LogP contribution in [0, 0.1) is 0 Å². The minimum absolute atomic E-state index is 0.325. The van der Waals surface area contributed by atoms with Crippen molar-refractivity contribution in [1.29, 1.82) is 0 Å². The Kier molecular flexibility index (Phi) is 4.53. The molecule has 122 valence electrons. The average molecular weight is 340 g/mol. The topological polar surface area (TPSA) is 55.8 Å². The molecule has 3 aromatic rings. The number of hydrogen-bond acceptors (Lipinski definition) is 4. The molecule has 0 fully saturated rings. The van der Waals surface area contributed by atoms with Crippen LogP contribution in [0.1, 0.15) is 9.67 Å². The zero-order valence-corrected chi connectivity index (χ0v) is 14.1. The molecule has 2 aromatic carbocycles. The van der Waals surface area contributed by atoms with Crippen LogP contribution in [0.4, 0.5) is 0 Å². The Labute approximate surface area is 143 Å². The summed E-state index contributed by atoms with van der Waals surface area (Å²) < 4.78 is 10.4. The first-order chi connectivity index (χ1) is 11.6. The van der Waals surface area contributed by atoms with Gasteiger partial charge in [0, 0.05) is 16.5 Å². The lowest BCUT2D eigenvalue weighted by molar-refractivity contribution is 0.0703. The second-order valence-electron chi connectivity index (χ2n) is 5.12. The van der Waals surface area contributed by atoms with Crippen LogP contribution >= 0.6 is 11.3 Å². The summed E-state index contributed by atoms with van der Waals surface area (Å²) in [7, 11) is 3.22. The SMILES string of the molecule is COc1ccc(-c2csc(C(=O)O)c2-c2ccc(OC)cc2)cc1. The molecular formula is C19H16O4S. The lowest BCUT2D eigenvalue weighted by atomic mass is 9.96. The molecule has 0 aliphatic rings. The van der Waals surface area contributed by atoms with Crippen molar-refractivity contribution < 1.29 is 19.4 Å². The van der Waals surface area contributed by atoms with Crippen LogP contribution in [0.5, 0.6) is 11.5 Å². The van der Waals surface area contributed by atoms with Crippen molar-refractivity contribution in [2.75, 3.05) is 14.2 Å². The highest BCUT2D eigenvalue weighted by atomic mass is 32.1. The average Bonchev–Trinajstić information content (AvgIpc) is 3.07. The van der Waals surface area contributed by atoms with Gasteiger partial charge in [-0.2, -0.15) is 0 Å². The molecular weight excluding hydrogens is 324 g/mol. The molecule has 0 amide bonds. The van der Waals surface area contributed by atoms with E-state index in [-0.39, 0.29) is 0 Å². The van der Waals surface area contributed by atoms with E-state index in [9.17, 15) is 9.90 Å². The number of rotatable bonds is 5. The van der Waals surface area contributed by atoms with Gasteiger partial charge in [-0.15, -0.1) is 11.3 Å². The fraction of sp³-hybridized carbons (Fsp3) is 0.105. The summed E-state index contributed by atoms with van der Waals surface area (Å²) in [6.07, 6.45) is 0. The van der Waals surface area contributed by atoms with E-state index in [4.69, 9.17) is 9.47 Å². The van der Waals surface area contributed by atoms with Crippen molar-refractivity contribution in [2.45, 2.75) is 0 Å². The second-order valence-corrected chi connectivity index (χ2v) is 6.00. The van der Waals surface area contributed by atoms with E-state index in [1.165, 1.54) is 11.3 Å². The number of ether oxygens (including phenoxy) is 2. The standard InChI is InChI=1S/C19H16O4S/c1-22-14-7-3-12(4-8-14)16-11-24-18(19(20)21)17(16)13-5-9-15(23-2)10-6-13/h3-11H,1-2H3,(H,20,21). The van der Waals surface area contributed by atoms with Gasteiger partial charge in [-0.1, -0.05) is 24.3 Å². The Hall–Kier alpha value is -2.79. The highest BCUT2D eigenvalue weighted by Gasteiger charge is 2.20. The van der Waals surface area contributed by atoms with E-state index < -0.39 is 5.97 Å². The van der Waals surface area contributed by atoms with Crippen LogP contribution < -0.4 is 9.47 Å². The molecule has 3 rings (SSSR count). The first-order valence-corrected chi connectivity index (χ1v) is 8.15. The number of aromatic carboxylic acids is 1. The van der Waals surface area contributed by atoms with Gasteiger partial charge in [-0.25, -0.2) is 4.79 Å². The summed E-state index contributed by atoms with van der Waals surface area (Å²) in [5.74, 6) is 0.570. The smallest absolute Gasteiger partial charge is 0.346 e. The molecule has 0 aliphatic carbocycles. The molecule has 0 saturated carbocycles. The molecule has 4 nitrogen and oxygen atoms in total. The highest BCUT2D eigenvalue weighted by Crippen LogP contribution is 2.40. The molecule has 1 heterocycles. The van der Waals surface area contributed by atoms with Gasteiger partial charge in [0.05, 0.1) is 14.2 Å².